The summed E-state index contributed by atoms with van der Waals surface area (Å²) < 4.78 is 6.34. The summed E-state index contributed by atoms with van der Waals surface area (Å²) in [6, 6.07) is 3.78. The lowest BCUT2D eigenvalue weighted by atomic mass is 10.3. The van der Waals surface area contributed by atoms with Gasteiger partial charge < -0.3 is 9.30 Å². The zero-order valence-corrected chi connectivity index (χ0v) is 7.15. The molecule has 64 valence electrons. The van der Waals surface area contributed by atoms with Crippen LogP contribution < -0.4 is 0 Å². The first-order valence-corrected chi connectivity index (χ1v) is 3.63. The van der Waals surface area contributed by atoms with Crippen LogP contribution in [0.4, 0.5) is 0 Å². The van der Waals surface area contributed by atoms with Gasteiger partial charge in [0.2, 0.25) is 0 Å². The average Bonchev–Trinajstić information content (AvgIpc) is 2.55. The topological polar surface area (TPSA) is 31.2 Å². The summed E-state index contributed by atoms with van der Waals surface area (Å²) in [5.41, 5.74) is 0.578. The van der Waals surface area contributed by atoms with Gasteiger partial charge in [0.05, 0.1) is 12.7 Å². The van der Waals surface area contributed by atoms with Gasteiger partial charge in [0.15, 0.2) is 0 Å². The van der Waals surface area contributed by atoms with Crippen LogP contribution in [-0.2, 0) is 9.53 Å². The molecular formula is C9H11NO2. The van der Waals surface area contributed by atoms with Gasteiger partial charge in [-0.2, -0.15) is 0 Å². The SMILES string of the molecule is COC(=O)/C(C)=C\n1cccc1. The Bertz CT molecular complexity index is 285. The molecule has 0 aromatic carbocycles. The fourth-order valence-electron chi connectivity index (χ4n) is 0.871. The minimum atomic E-state index is -0.302. The van der Waals surface area contributed by atoms with E-state index in [0.717, 1.165) is 0 Å². The number of methoxy groups -OCH3 is 1. The van der Waals surface area contributed by atoms with Crippen LogP contribution >= 0.6 is 0 Å². The first kappa shape index (κ1) is 8.59. The van der Waals surface area contributed by atoms with Gasteiger partial charge in [-0.15, -0.1) is 0 Å². The van der Waals surface area contributed by atoms with Crippen LogP contribution in [0.1, 0.15) is 6.92 Å². The zero-order valence-electron chi connectivity index (χ0n) is 7.15. The fraction of sp³-hybridized carbons (Fsp3) is 0.222. The zero-order chi connectivity index (χ0) is 8.97. The van der Waals surface area contributed by atoms with Crippen LogP contribution in [0.15, 0.2) is 30.1 Å². The number of rotatable bonds is 2. The highest BCUT2D eigenvalue weighted by molar-refractivity contribution is 5.90. The lowest BCUT2D eigenvalue weighted by Gasteiger charge is -1.98. The summed E-state index contributed by atoms with van der Waals surface area (Å²) in [4.78, 5) is 10.9. The third-order valence-corrected chi connectivity index (χ3v) is 1.48. The van der Waals surface area contributed by atoms with Gasteiger partial charge >= 0.3 is 5.97 Å². The standard InChI is InChI=1S/C9H11NO2/c1-8(9(11)12-2)7-10-5-3-4-6-10/h3-7H,1-2H3/b8-7-. The van der Waals surface area contributed by atoms with E-state index in [0.29, 0.717) is 5.57 Å². The fourth-order valence-corrected chi connectivity index (χ4v) is 0.871. The van der Waals surface area contributed by atoms with Crippen molar-refractivity contribution in [2.45, 2.75) is 6.92 Å². The number of ether oxygens (including phenoxy) is 1. The predicted molar refractivity (Wildman–Crippen MR) is 46.4 cm³/mol. The molecule has 1 rings (SSSR count). The van der Waals surface area contributed by atoms with E-state index in [4.69, 9.17) is 0 Å². The quantitative estimate of drug-likeness (QED) is 0.491. The predicted octanol–water partition coefficient (Wildman–Crippen LogP) is 1.52. The minimum absolute atomic E-state index is 0.302. The van der Waals surface area contributed by atoms with Gasteiger partial charge in [0.1, 0.15) is 0 Å². The van der Waals surface area contributed by atoms with Gasteiger partial charge in [-0.05, 0) is 19.1 Å². The van der Waals surface area contributed by atoms with Gasteiger partial charge in [-0.25, -0.2) is 4.79 Å². The summed E-state index contributed by atoms with van der Waals surface area (Å²) in [5, 5.41) is 0. The molecular weight excluding hydrogens is 154 g/mol. The maximum atomic E-state index is 10.9. The van der Waals surface area contributed by atoms with E-state index in [2.05, 4.69) is 4.74 Å². The Morgan fingerprint density at radius 3 is 2.50 bits per heavy atom. The molecule has 0 amide bonds. The first-order valence-electron chi connectivity index (χ1n) is 3.63. The van der Waals surface area contributed by atoms with Crippen molar-refractivity contribution in [3.63, 3.8) is 0 Å². The molecule has 0 fully saturated rings. The molecule has 3 heteroatoms. The molecule has 1 aromatic heterocycles. The van der Waals surface area contributed by atoms with E-state index in [9.17, 15) is 4.79 Å². The highest BCUT2D eigenvalue weighted by Crippen LogP contribution is 1.99. The Balaban J connectivity index is 2.76. The van der Waals surface area contributed by atoms with Crippen LogP contribution in [0, 0.1) is 0 Å². The number of nitrogens with zero attached hydrogens (tertiary/aromatic N) is 1. The van der Waals surface area contributed by atoms with Crippen LogP contribution in [0.3, 0.4) is 0 Å². The molecule has 0 saturated carbocycles. The van der Waals surface area contributed by atoms with Crippen molar-refractivity contribution in [2.75, 3.05) is 7.11 Å². The van der Waals surface area contributed by atoms with Gasteiger partial charge in [0.25, 0.3) is 0 Å². The lowest BCUT2D eigenvalue weighted by Crippen LogP contribution is -2.02. The van der Waals surface area contributed by atoms with E-state index >= 15 is 0 Å². The molecule has 1 heterocycles. The van der Waals surface area contributed by atoms with Crippen molar-refractivity contribution in [3.8, 4) is 0 Å². The molecule has 12 heavy (non-hydrogen) atoms. The van der Waals surface area contributed by atoms with Crippen molar-refractivity contribution < 1.29 is 9.53 Å². The summed E-state index contributed by atoms with van der Waals surface area (Å²) in [5.74, 6) is -0.302. The van der Waals surface area contributed by atoms with Crippen molar-refractivity contribution in [1.29, 1.82) is 0 Å². The molecule has 0 spiro atoms. The number of hydrogen-bond acceptors (Lipinski definition) is 2. The molecule has 0 unspecified atom stereocenters. The number of carbonyl (C=O) groups excluding carboxylic acids is 1. The summed E-state index contributed by atoms with van der Waals surface area (Å²) >= 11 is 0. The van der Waals surface area contributed by atoms with Crippen LogP contribution in [0.2, 0.25) is 0 Å². The second-order valence-electron chi connectivity index (χ2n) is 2.43. The third kappa shape index (κ3) is 1.99. The Hall–Kier alpha value is -1.51. The van der Waals surface area contributed by atoms with Crippen molar-refractivity contribution in [1.82, 2.24) is 4.57 Å². The normalized spacial score (nSPS) is 11.3. The van der Waals surface area contributed by atoms with Crippen molar-refractivity contribution in [2.24, 2.45) is 0 Å². The molecule has 0 aliphatic carbocycles. The first-order chi connectivity index (χ1) is 5.74. The number of carbonyl (C=O) groups is 1. The van der Waals surface area contributed by atoms with Crippen LogP contribution in [0.5, 0.6) is 0 Å². The average molecular weight is 165 g/mol. The Morgan fingerprint density at radius 2 is 2.00 bits per heavy atom. The number of esters is 1. The smallest absolute Gasteiger partial charge is 0.334 e. The van der Waals surface area contributed by atoms with Gasteiger partial charge in [-0.1, -0.05) is 0 Å². The molecule has 0 aliphatic heterocycles. The molecule has 0 saturated heterocycles. The highest BCUT2D eigenvalue weighted by atomic mass is 16.5. The van der Waals surface area contributed by atoms with Gasteiger partial charge in [0, 0.05) is 18.6 Å². The molecule has 0 N–H and O–H groups in total. The second kappa shape index (κ2) is 3.76. The van der Waals surface area contributed by atoms with E-state index in [1.807, 2.05) is 24.5 Å². The van der Waals surface area contributed by atoms with Crippen LogP contribution in [0.25, 0.3) is 6.20 Å². The Labute approximate surface area is 71.3 Å². The van der Waals surface area contributed by atoms with E-state index in [1.54, 1.807) is 17.7 Å². The van der Waals surface area contributed by atoms with E-state index in [1.165, 1.54) is 7.11 Å². The van der Waals surface area contributed by atoms with E-state index < -0.39 is 0 Å². The molecule has 0 bridgehead atoms. The maximum Gasteiger partial charge on any atom is 0.334 e. The number of aromatic nitrogens is 1. The molecule has 0 radical (unpaired) electrons. The third-order valence-electron chi connectivity index (χ3n) is 1.48. The van der Waals surface area contributed by atoms with Gasteiger partial charge in [-0.3, -0.25) is 0 Å². The monoisotopic (exact) mass is 165 g/mol. The second-order valence-corrected chi connectivity index (χ2v) is 2.43. The maximum absolute atomic E-state index is 10.9. The van der Waals surface area contributed by atoms with Crippen molar-refractivity contribution in [3.05, 3.63) is 30.1 Å². The summed E-state index contributed by atoms with van der Waals surface area (Å²) in [6.07, 6.45) is 5.42. The Morgan fingerprint density at radius 1 is 1.42 bits per heavy atom. The van der Waals surface area contributed by atoms with Crippen molar-refractivity contribution >= 4 is 12.2 Å². The molecule has 1 aromatic rings. The largest absolute Gasteiger partial charge is 0.466 e. The summed E-state index contributed by atoms with van der Waals surface area (Å²) in [6.45, 7) is 1.71. The summed E-state index contributed by atoms with van der Waals surface area (Å²) in [7, 11) is 1.37. The Kier molecular flexibility index (Phi) is 2.69. The minimum Gasteiger partial charge on any atom is -0.466 e. The highest BCUT2D eigenvalue weighted by Gasteiger charge is 2.01. The molecule has 3 nitrogen and oxygen atoms in total. The van der Waals surface area contributed by atoms with E-state index in [-0.39, 0.29) is 5.97 Å². The number of hydrogen-bond donors (Lipinski definition) is 0. The molecule has 0 aliphatic rings. The molecule has 0 atom stereocenters. The van der Waals surface area contributed by atoms with Crippen LogP contribution in [-0.4, -0.2) is 17.6 Å². The lowest BCUT2D eigenvalue weighted by molar-refractivity contribution is -0.135.